The lowest BCUT2D eigenvalue weighted by molar-refractivity contribution is -0.216. The van der Waals surface area contributed by atoms with E-state index in [1.165, 1.54) is 6.08 Å². The molecule has 1 aliphatic carbocycles. The molecule has 1 saturated carbocycles. The largest absolute Gasteiger partial charge is 0.455 e. The standard InChI is InChI=1S/C24H31FNO4P/c1-3-16-10-11-17-21(16)22(29-20(28)12-9-15-7-5-4-6-8-15)24(31)13-18(23(17,2)30-24)26-19(27)14-25/h4-9,12,16-18,21-22H,3,10-11,13-14,31H2,1-2H3,(H,26,27)/b12-9+. The average molecular weight is 447 g/mol. The molecule has 5 nitrogen and oxygen atoms in total. The van der Waals surface area contributed by atoms with E-state index in [4.69, 9.17) is 9.47 Å². The summed E-state index contributed by atoms with van der Waals surface area (Å²) < 4.78 is 25.5. The van der Waals surface area contributed by atoms with E-state index >= 15 is 0 Å². The molecule has 168 valence electrons. The van der Waals surface area contributed by atoms with Crippen LogP contribution in [0.4, 0.5) is 4.39 Å². The van der Waals surface area contributed by atoms with Crippen molar-refractivity contribution in [2.45, 2.75) is 62.6 Å². The molecule has 3 aliphatic rings. The molecule has 1 amide bonds. The van der Waals surface area contributed by atoms with Crippen LogP contribution >= 0.6 is 9.24 Å². The van der Waals surface area contributed by atoms with Gasteiger partial charge in [-0.3, -0.25) is 4.79 Å². The van der Waals surface area contributed by atoms with Crippen LogP contribution in [0.5, 0.6) is 0 Å². The molecular formula is C24H31FNO4P. The molecule has 8 atom stereocenters. The number of fused-ring (bicyclic) bond motifs is 4. The van der Waals surface area contributed by atoms with Gasteiger partial charge in [0, 0.05) is 18.4 Å². The summed E-state index contributed by atoms with van der Waals surface area (Å²) >= 11 is 0. The number of halogens is 1. The Morgan fingerprint density at radius 1 is 1.32 bits per heavy atom. The fourth-order valence-electron chi connectivity index (χ4n) is 6.09. The van der Waals surface area contributed by atoms with Crippen molar-refractivity contribution in [2.24, 2.45) is 17.8 Å². The van der Waals surface area contributed by atoms with Crippen molar-refractivity contribution < 1.29 is 23.5 Å². The highest BCUT2D eigenvalue weighted by Gasteiger charge is 2.69. The zero-order chi connectivity index (χ0) is 22.2. The van der Waals surface area contributed by atoms with Gasteiger partial charge in [0.2, 0.25) is 0 Å². The molecule has 0 aromatic heterocycles. The highest BCUT2D eigenvalue weighted by Crippen LogP contribution is 2.63. The Morgan fingerprint density at radius 2 is 2.06 bits per heavy atom. The van der Waals surface area contributed by atoms with Crippen LogP contribution in [0.25, 0.3) is 6.08 Å². The number of nitrogens with one attached hydrogen (secondary N) is 1. The fourth-order valence-corrected chi connectivity index (χ4v) is 6.87. The van der Waals surface area contributed by atoms with Crippen LogP contribution in [0, 0.1) is 17.8 Å². The van der Waals surface area contributed by atoms with E-state index in [1.54, 1.807) is 6.08 Å². The first-order valence-corrected chi connectivity index (χ1v) is 11.7. The fraction of sp³-hybridized carbons (Fsp3) is 0.583. The van der Waals surface area contributed by atoms with Crippen molar-refractivity contribution >= 4 is 27.2 Å². The van der Waals surface area contributed by atoms with Gasteiger partial charge in [0.15, 0.2) is 6.67 Å². The third kappa shape index (κ3) is 4.05. The summed E-state index contributed by atoms with van der Waals surface area (Å²) in [5, 5.41) is 2.02. The molecular weight excluding hydrogens is 416 g/mol. The lowest BCUT2D eigenvalue weighted by atomic mass is 9.73. The van der Waals surface area contributed by atoms with E-state index in [0.29, 0.717) is 12.3 Å². The number of benzene rings is 1. The minimum Gasteiger partial charge on any atom is -0.455 e. The van der Waals surface area contributed by atoms with Gasteiger partial charge in [0.25, 0.3) is 5.91 Å². The number of amides is 1. The number of ether oxygens (including phenoxy) is 2. The molecule has 0 spiro atoms. The molecule has 4 rings (SSSR count). The van der Waals surface area contributed by atoms with Gasteiger partial charge in [0.05, 0.1) is 11.6 Å². The maximum absolute atomic E-state index is 12.9. The van der Waals surface area contributed by atoms with E-state index < -0.39 is 35.6 Å². The highest BCUT2D eigenvalue weighted by molar-refractivity contribution is 7.18. The molecule has 1 aromatic rings. The highest BCUT2D eigenvalue weighted by atomic mass is 31.0. The van der Waals surface area contributed by atoms with E-state index in [0.717, 1.165) is 24.8 Å². The second kappa shape index (κ2) is 8.63. The topological polar surface area (TPSA) is 64.6 Å². The summed E-state index contributed by atoms with van der Waals surface area (Å²) in [6, 6.07) is 9.28. The average Bonchev–Trinajstić information content (AvgIpc) is 3.29. The number of hydrogen-bond acceptors (Lipinski definition) is 4. The predicted molar refractivity (Wildman–Crippen MR) is 120 cm³/mol. The summed E-state index contributed by atoms with van der Waals surface area (Å²) in [6.45, 7) is 3.13. The summed E-state index contributed by atoms with van der Waals surface area (Å²) in [7, 11) is 2.75. The lowest BCUT2D eigenvalue weighted by Gasteiger charge is -2.50. The predicted octanol–water partition coefficient (Wildman–Crippen LogP) is 3.88. The van der Waals surface area contributed by atoms with Crippen molar-refractivity contribution in [3.05, 3.63) is 42.0 Å². The van der Waals surface area contributed by atoms with Crippen LogP contribution in [0.15, 0.2) is 36.4 Å². The third-order valence-electron chi connectivity index (χ3n) is 7.49. The molecule has 7 heteroatoms. The molecule has 2 saturated heterocycles. The summed E-state index contributed by atoms with van der Waals surface area (Å²) in [6.07, 6.45) is 6.19. The molecule has 1 aromatic carbocycles. The molecule has 1 N–H and O–H groups in total. The van der Waals surface area contributed by atoms with Crippen LogP contribution in [-0.2, 0) is 19.1 Å². The van der Waals surface area contributed by atoms with Crippen molar-refractivity contribution in [3.8, 4) is 0 Å². The first-order valence-electron chi connectivity index (χ1n) is 11.1. The van der Waals surface area contributed by atoms with E-state index in [2.05, 4.69) is 21.5 Å². The van der Waals surface area contributed by atoms with E-state index in [9.17, 15) is 14.0 Å². The van der Waals surface area contributed by atoms with Crippen LogP contribution in [0.3, 0.4) is 0 Å². The number of rotatable bonds is 6. The normalized spacial score (nSPS) is 38.8. The maximum atomic E-state index is 12.9. The third-order valence-corrected chi connectivity index (χ3v) is 8.17. The minimum absolute atomic E-state index is 0.134. The van der Waals surface area contributed by atoms with E-state index in [-0.39, 0.29) is 17.9 Å². The number of alkyl halides is 1. The number of hydrogen-bond donors (Lipinski definition) is 1. The number of carbonyl (C=O) groups is 2. The van der Waals surface area contributed by atoms with Crippen molar-refractivity contribution in [1.29, 1.82) is 0 Å². The van der Waals surface area contributed by atoms with Gasteiger partial charge in [0.1, 0.15) is 11.4 Å². The van der Waals surface area contributed by atoms with Gasteiger partial charge < -0.3 is 14.8 Å². The molecule has 0 radical (unpaired) electrons. The summed E-state index contributed by atoms with van der Waals surface area (Å²) in [5.74, 6) is -0.340. The maximum Gasteiger partial charge on any atom is 0.331 e. The van der Waals surface area contributed by atoms with Crippen molar-refractivity contribution in [3.63, 3.8) is 0 Å². The second-order valence-electron chi connectivity index (χ2n) is 9.23. The zero-order valence-corrected chi connectivity index (χ0v) is 19.2. The van der Waals surface area contributed by atoms with Gasteiger partial charge >= 0.3 is 5.97 Å². The Morgan fingerprint density at radius 3 is 2.74 bits per heavy atom. The van der Waals surface area contributed by atoms with Gasteiger partial charge in [-0.1, -0.05) is 52.9 Å². The Labute approximate surface area is 185 Å². The molecule has 31 heavy (non-hydrogen) atoms. The smallest absolute Gasteiger partial charge is 0.331 e. The van der Waals surface area contributed by atoms with E-state index in [1.807, 2.05) is 37.3 Å². The summed E-state index contributed by atoms with van der Waals surface area (Å²) in [4.78, 5) is 24.6. The summed E-state index contributed by atoms with van der Waals surface area (Å²) in [5.41, 5.74) is 0.316. The van der Waals surface area contributed by atoms with Crippen LogP contribution in [0.1, 0.15) is 45.1 Å². The van der Waals surface area contributed by atoms with Crippen molar-refractivity contribution in [2.75, 3.05) is 6.67 Å². The molecule has 2 heterocycles. The van der Waals surface area contributed by atoms with Crippen LogP contribution in [-0.4, -0.2) is 41.6 Å². The van der Waals surface area contributed by atoms with Gasteiger partial charge in [-0.2, -0.15) is 0 Å². The van der Waals surface area contributed by atoms with Crippen LogP contribution < -0.4 is 5.32 Å². The number of esters is 1. The molecule has 2 aliphatic heterocycles. The van der Waals surface area contributed by atoms with Gasteiger partial charge in [-0.15, -0.1) is 0 Å². The molecule has 8 unspecified atom stereocenters. The minimum atomic E-state index is -1.05. The van der Waals surface area contributed by atoms with Gasteiger partial charge in [-0.25, -0.2) is 9.18 Å². The zero-order valence-electron chi connectivity index (χ0n) is 18.1. The monoisotopic (exact) mass is 447 g/mol. The first-order chi connectivity index (χ1) is 14.8. The van der Waals surface area contributed by atoms with Crippen LogP contribution in [0.2, 0.25) is 0 Å². The Balaban J connectivity index is 1.60. The second-order valence-corrected chi connectivity index (χ2v) is 10.2. The quantitative estimate of drug-likeness (QED) is 0.408. The molecule has 2 bridgehead atoms. The Kier molecular flexibility index (Phi) is 6.24. The Hall–Kier alpha value is -1.78. The Bertz CT molecular complexity index is 864. The first kappa shape index (κ1) is 22.4. The lowest BCUT2D eigenvalue weighted by Crippen LogP contribution is -2.60. The van der Waals surface area contributed by atoms with Gasteiger partial charge in [-0.05, 0) is 43.2 Å². The SMILES string of the molecule is CCC1CCC2C1C(OC(=O)/C=C/c1ccccc1)C1(P)CC(NC(=O)CF)C2(C)O1. The van der Waals surface area contributed by atoms with Crippen molar-refractivity contribution in [1.82, 2.24) is 5.32 Å². The number of carbonyl (C=O) groups excluding carboxylic acids is 2. The molecule has 3 fully saturated rings.